The molecule has 0 aliphatic rings. The highest BCUT2D eigenvalue weighted by Crippen LogP contribution is 2.13. The number of carbonyl (C=O) groups is 2. The Kier molecular flexibility index (Phi) is 4.12. The molecule has 0 atom stereocenters. The number of nitrogens with one attached hydrogen (secondary N) is 3. The molecular weight excluding hydrogens is 338 g/mol. The summed E-state index contributed by atoms with van der Waals surface area (Å²) in [6, 6.07) is 3.07. The lowest BCUT2D eigenvalue weighted by Crippen LogP contribution is -2.35. The average molecular weight is 346 g/mol. The van der Waals surface area contributed by atoms with Crippen molar-refractivity contribution in [1.82, 2.24) is 20.2 Å². The molecule has 2 aromatic rings. The second-order valence-corrected chi connectivity index (χ2v) is 4.52. The lowest BCUT2D eigenvalue weighted by molar-refractivity contribution is -0.116. The van der Waals surface area contributed by atoms with Crippen molar-refractivity contribution in [3.8, 4) is 0 Å². The lowest BCUT2D eigenvalue weighted by atomic mass is 10.4. The SMILES string of the molecule is O=C(CNC(=O)c1ccc(Br)o1)Nn1cn[nH]c1=S. The van der Waals surface area contributed by atoms with Crippen LogP contribution < -0.4 is 10.7 Å². The maximum Gasteiger partial charge on any atom is 0.287 e. The smallest absolute Gasteiger partial charge is 0.287 e. The number of hydrogen-bond acceptors (Lipinski definition) is 5. The van der Waals surface area contributed by atoms with Gasteiger partial charge in [-0.25, -0.2) is 4.68 Å². The van der Waals surface area contributed by atoms with E-state index in [1.54, 1.807) is 6.07 Å². The normalized spacial score (nSPS) is 10.2. The summed E-state index contributed by atoms with van der Waals surface area (Å²) in [5.74, 6) is -0.826. The number of halogens is 1. The molecule has 2 amide bonds. The first kappa shape index (κ1) is 13.5. The maximum absolute atomic E-state index is 11.6. The zero-order valence-corrected chi connectivity index (χ0v) is 11.7. The quantitative estimate of drug-likeness (QED) is 0.710. The van der Waals surface area contributed by atoms with Gasteiger partial charge >= 0.3 is 0 Å². The van der Waals surface area contributed by atoms with Crippen LogP contribution in [0.25, 0.3) is 0 Å². The first-order valence-electron chi connectivity index (χ1n) is 5.01. The van der Waals surface area contributed by atoms with Gasteiger partial charge in [-0.2, -0.15) is 5.10 Å². The number of furan rings is 1. The largest absolute Gasteiger partial charge is 0.444 e. The Labute approximate surface area is 120 Å². The summed E-state index contributed by atoms with van der Waals surface area (Å²) in [6.07, 6.45) is 1.31. The number of aromatic nitrogens is 3. The van der Waals surface area contributed by atoms with Gasteiger partial charge in [0, 0.05) is 0 Å². The predicted octanol–water partition coefficient (Wildman–Crippen LogP) is 0.796. The number of amides is 2. The molecule has 0 saturated carbocycles. The van der Waals surface area contributed by atoms with E-state index in [1.165, 1.54) is 17.1 Å². The van der Waals surface area contributed by atoms with Crippen molar-refractivity contribution in [3.05, 3.63) is 33.7 Å². The molecule has 2 aromatic heterocycles. The van der Waals surface area contributed by atoms with Crippen molar-refractivity contribution < 1.29 is 14.0 Å². The summed E-state index contributed by atoms with van der Waals surface area (Å²) in [6.45, 7) is -0.218. The highest BCUT2D eigenvalue weighted by molar-refractivity contribution is 9.10. The number of aromatic amines is 1. The maximum atomic E-state index is 11.6. The Bertz CT molecular complexity index is 661. The third-order valence-electron chi connectivity index (χ3n) is 2.00. The van der Waals surface area contributed by atoms with Crippen LogP contribution in [0.2, 0.25) is 0 Å². The standard InChI is InChI=1S/C9H8BrN5O3S/c10-6-2-1-5(18-6)8(17)11-3-7(16)14-15-4-12-13-9(15)19/h1-2,4H,3H2,(H,11,17)(H,13,19)(H,14,16). The van der Waals surface area contributed by atoms with Crippen LogP contribution in [0.1, 0.15) is 10.6 Å². The van der Waals surface area contributed by atoms with Crippen molar-refractivity contribution in [3.63, 3.8) is 0 Å². The zero-order valence-electron chi connectivity index (χ0n) is 9.34. The predicted molar refractivity (Wildman–Crippen MR) is 70.5 cm³/mol. The van der Waals surface area contributed by atoms with E-state index in [0.29, 0.717) is 4.67 Å². The van der Waals surface area contributed by atoms with Gasteiger partial charge in [0.1, 0.15) is 6.33 Å². The van der Waals surface area contributed by atoms with E-state index >= 15 is 0 Å². The van der Waals surface area contributed by atoms with Gasteiger partial charge in [0.2, 0.25) is 4.77 Å². The van der Waals surface area contributed by atoms with E-state index in [9.17, 15) is 9.59 Å². The molecule has 0 unspecified atom stereocenters. The van der Waals surface area contributed by atoms with Gasteiger partial charge < -0.3 is 9.73 Å². The van der Waals surface area contributed by atoms with Crippen molar-refractivity contribution >= 4 is 40.0 Å². The minimum atomic E-state index is -0.489. The van der Waals surface area contributed by atoms with Gasteiger partial charge in [-0.1, -0.05) is 0 Å². The van der Waals surface area contributed by atoms with Gasteiger partial charge in [0.25, 0.3) is 11.8 Å². The van der Waals surface area contributed by atoms with Crippen LogP contribution in [-0.2, 0) is 4.79 Å². The number of nitrogens with zero attached hydrogens (tertiary/aromatic N) is 2. The van der Waals surface area contributed by atoms with E-state index < -0.39 is 11.8 Å². The molecule has 2 rings (SSSR count). The first-order chi connectivity index (χ1) is 9.06. The van der Waals surface area contributed by atoms with E-state index in [-0.39, 0.29) is 17.1 Å². The summed E-state index contributed by atoms with van der Waals surface area (Å²) in [5, 5.41) is 8.51. The van der Waals surface area contributed by atoms with Gasteiger partial charge in [-0.05, 0) is 40.3 Å². The molecule has 0 saturated heterocycles. The molecule has 0 radical (unpaired) electrons. The second-order valence-electron chi connectivity index (χ2n) is 3.35. The summed E-state index contributed by atoms with van der Waals surface area (Å²) >= 11 is 7.92. The first-order valence-corrected chi connectivity index (χ1v) is 6.22. The van der Waals surface area contributed by atoms with Crippen molar-refractivity contribution in [2.45, 2.75) is 0 Å². The highest BCUT2D eigenvalue weighted by atomic mass is 79.9. The fourth-order valence-corrected chi connectivity index (χ4v) is 1.64. The Morgan fingerprint density at radius 1 is 1.53 bits per heavy atom. The third kappa shape index (κ3) is 3.51. The fraction of sp³-hybridized carbons (Fsp3) is 0.111. The van der Waals surface area contributed by atoms with Crippen molar-refractivity contribution in [2.24, 2.45) is 0 Å². The molecule has 3 N–H and O–H groups in total. The summed E-state index contributed by atoms with van der Waals surface area (Å²) in [5.41, 5.74) is 2.43. The van der Waals surface area contributed by atoms with E-state index in [4.69, 9.17) is 16.6 Å². The molecule has 100 valence electrons. The summed E-state index contributed by atoms with van der Waals surface area (Å²) in [4.78, 5) is 23.1. The molecular formula is C9H8BrN5O3S. The molecule has 0 aliphatic heterocycles. The van der Waals surface area contributed by atoms with Crippen LogP contribution in [0.15, 0.2) is 27.5 Å². The molecule has 0 spiro atoms. The number of carbonyl (C=O) groups excluding carboxylic acids is 2. The van der Waals surface area contributed by atoms with Crippen LogP contribution in [0.4, 0.5) is 0 Å². The van der Waals surface area contributed by atoms with Gasteiger partial charge in [0.15, 0.2) is 10.4 Å². The Morgan fingerprint density at radius 2 is 2.32 bits per heavy atom. The molecule has 19 heavy (non-hydrogen) atoms. The van der Waals surface area contributed by atoms with Crippen LogP contribution >= 0.6 is 28.1 Å². The third-order valence-corrected chi connectivity index (χ3v) is 2.72. The van der Waals surface area contributed by atoms with Crippen LogP contribution in [0, 0.1) is 4.77 Å². The van der Waals surface area contributed by atoms with Crippen molar-refractivity contribution in [1.29, 1.82) is 0 Å². The topological polar surface area (TPSA) is 105 Å². The lowest BCUT2D eigenvalue weighted by Gasteiger charge is -2.05. The molecule has 0 fully saturated rings. The molecule has 8 nitrogen and oxygen atoms in total. The van der Waals surface area contributed by atoms with E-state index in [1.807, 2.05) is 0 Å². The number of hydrogen-bond donors (Lipinski definition) is 3. The Balaban J connectivity index is 1.85. The zero-order chi connectivity index (χ0) is 13.8. The van der Waals surface area contributed by atoms with Gasteiger partial charge in [0.05, 0.1) is 6.54 Å². The summed E-state index contributed by atoms with van der Waals surface area (Å²) in [7, 11) is 0. The molecule has 0 aliphatic carbocycles. The fourth-order valence-electron chi connectivity index (χ4n) is 1.19. The molecule has 0 bridgehead atoms. The Morgan fingerprint density at radius 3 is 2.89 bits per heavy atom. The van der Waals surface area contributed by atoms with E-state index in [0.717, 1.165) is 0 Å². The van der Waals surface area contributed by atoms with Crippen LogP contribution in [-0.4, -0.2) is 33.2 Å². The molecule has 2 heterocycles. The van der Waals surface area contributed by atoms with E-state index in [2.05, 4.69) is 36.9 Å². The van der Waals surface area contributed by atoms with Crippen LogP contribution in [0.3, 0.4) is 0 Å². The van der Waals surface area contributed by atoms with Gasteiger partial charge in [-0.3, -0.25) is 20.1 Å². The van der Waals surface area contributed by atoms with Crippen molar-refractivity contribution in [2.75, 3.05) is 12.0 Å². The molecule has 0 aromatic carbocycles. The second kappa shape index (κ2) is 5.80. The number of rotatable bonds is 4. The van der Waals surface area contributed by atoms with Crippen LogP contribution in [0.5, 0.6) is 0 Å². The average Bonchev–Trinajstić information content (AvgIpc) is 2.96. The van der Waals surface area contributed by atoms with Gasteiger partial charge in [-0.15, -0.1) is 0 Å². The minimum absolute atomic E-state index is 0.111. The Hall–Kier alpha value is -1.94. The minimum Gasteiger partial charge on any atom is -0.444 e. The summed E-state index contributed by atoms with van der Waals surface area (Å²) < 4.78 is 6.95. The highest BCUT2D eigenvalue weighted by Gasteiger charge is 2.11. The number of H-pyrrole nitrogens is 1. The monoisotopic (exact) mass is 345 g/mol. The molecule has 10 heteroatoms.